The highest BCUT2D eigenvalue weighted by molar-refractivity contribution is 6.22. The van der Waals surface area contributed by atoms with Gasteiger partial charge in [0.1, 0.15) is 0 Å². The van der Waals surface area contributed by atoms with Crippen LogP contribution in [-0.2, 0) is 0 Å². The van der Waals surface area contributed by atoms with Crippen molar-refractivity contribution in [2.75, 3.05) is 0 Å². The molecule has 0 unspecified atom stereocenters. The minimum atomic E-state index is 0.158. The number of benzene rings is 3. The normalized spacial score (nSPS) is 12.2. The van der Waals surface area contributed by atoms with Crippen molar-refractivity contribution in [1.82, 2.24) is 0 Å². The maximum atomic E-state index is 12.7. The molecule has 3 aromatic rings. The monoisotopic (exact) mass is 284 g/mol. The Labute approximate surface area is 130 Å². The minimum Gasteiger partial charge on any atom is -0.289 e. The molecule has 0 bridgehead atoms. The molecule has 0 aliphatic heterocycles. The van der Waals surface area contributed by atoms with Gasteiger partial charge in [-0.2, -0.15) is 0 Å². The summed E-state index contributed by atoms with van der Waals surface area (Å²) < 4.78 is 0. The summed E-state index contributed by atoms with van der Waals surface area (Å²) in [6, 6.07) is 20.7. The van der Waals surface area contributed by atoms with Crippen molar-refractivity contribution in [3.05, 3.63) is 82.9 Å². The van der Waals surface area contributed by atoms with Crippen LogP contribution in [0.3, 0.4) is 0 Å². The van der Waals surface area contributed by atoms with Crippen LogP contribution in [0.25, 0.3) is 22.3 Å². The summed E-state index contributed by atoms with van der Waals surface area (Å²) in [6.07, 6.45) is 0. The minimum absolute atomic E-state index is 0.158. The third-order valence-corrected chi connectivity index (χ3v) is 4.38. The van der Waals surface area contributed by atoms with Gasteiger partial charge in [-0.25, -0.2) is 0 Å². The Balaban J connectivity index is 1.99. The number of rotatable bonds is 1. The average molecular weight is 284 g/mol. The van der Waals surface area contributed by atoms with E-state index in [1.165, 1.54) is 5.56 Å². The molecule has 106 valence electrons. The van der Waals surface area contributed by atoms with E-state index in [2.05, 4.69) is 36.4 Å². The van der Waals surface area contributed by atoms with Crippen LogP contribution in [0.1, 0.15) is 27.0 Å². The highest BCUT2D eigenvalue weighted by Crippen LogP contribution is 2.41. The van der Waals surface area contributed by atoms with E-state index in [1.807, 2.05) is 38.1 Å². The van der Waals surface area contributed by atoms with Gasteiger partial charge in [0.25, 0.3) is 0 Å². The Morgan fingerprint density at radius 2 is 1.45 bits per heavy atom. The van der Waals surface area contributed by atoms with Crippen molar-refractivity contribution in [2.24, 2.45) is 0 Å². The maximum Gasteiger partial charge on any atom is 0.194 e. The quantitative estimate of drug-likeness (QED) is 0.470. The van der Waals surface area contributed by atoms with Crippen molar-refractivity contribution in [3.63, 3.8) is 0 Å². The van der Waals surface area contributed by atoms with Gasteiger partial charge >= 0.3 is 0 Å². The predicted molar refractivity (Wildman–Crippen MR) is 90.2 cm³/mol. The zero-order chi connectivity index (χ0) is 15.3. The Kier molecular flexibility index (Phi) is 2.77. The lowest BCUT2D eigenvalue weighted by Gasteiger charge is -2.09. The van der Waals surface area contributed by atoms with Gasteiger partial charge in [0, 0.05) is 11.1 Å². The second-order valence-electron chi connectivity index (χ2n) is 5.96. The molecule has 3 aromatic carbocycles. The van der Waals surface area contributed by atoms with Crippen LogP contribution in [0.15, 0.2) is 60.7 Å². The Hall–Kier alpha value is -2.67. The van der Waals surface area contributed by atoms with Gasteiger partial charge in [-0.05, 0) is 53.8 Å². The van der Waals surface area contributed by atoms with Crippen LogP contribution in [0.5, 0.6) is 0 Å². The summed E-state index contributed by atoms with van der Waals surface area (Å²) in [6.45, 7) is 4.06. The third-order valence-electron chi connectivity index (χ3n) is 4.38. The average Bonchev–Trinajstić information content (AvgIpc) is 2.81. The van der Waals surface area contributed by atoms with Crippen LogP contribution in [0.2, 0.25) is 0 Å². The van der Waals surface area contributed by atoms with Gasteiger partial charge in [0.15, 0.2) is 5.78 Å². The lowest BCUT2D eigenvalue weighted by molar-refractivity contribution is 0.104. The molecule has 1 aliphatic rings. The number of hydrogen-bond acceptors (Lipinski definition) is 1. The summed E-state index contributed by atoms with van der Waals surface area (Å²) in [5.74, 6) is 0.158. The van der Waals surface area contributed by atoms with E-state index in [9.17, 15) is 4.79 Å². The van der Waals surface area contributed by atoms with Crippen molar-refractivity contribution in [2.45, 2.75) is 13.8 Å². The molecule has 0 saturated carbocycles. The SMILES string of the molecule is Cc1ccc2c(c1)C(=O)c1c(C)cc(-c3ccccc3)cc1-2. The molecule has 0 heterocycles. The van der Waals surface area contributed by atoms with E-state index in [4.69, 9.17) is 0 Å². The van der Waals surface area contributed by atoms with Gasteiger partial charge in [-0.3, -0.25) is 4.79 Å². The Morgan fingerprint density at radius 1 is 0.682 bits per heavy atom. The fourth-order valence-corrected chi connectivity index (χ4v) is 3.31. The third kappa shape index (κ3) is 1.82. The summed E-state index contributed by atoms with van der Waals surface area (Å²) in [4.78, 5) is 12.7. The van der Waals surface area contributed by atoms with Gasteiger partial charge in [0.05, 0.1) is 0 Å². The first-order valence-corrected chi connectivity index (χ1v) is 7.51. The molecule has 0 amide bonds. The zero-order valence-electron chi connectivity index (χ0n) is 12.7. The molecule has 0 aromatic heterocycles. The number of ketones is 1. The van der Waals surface area contributed by atoms with Crippen LogP contribution in [0.4, 0.5) is 0 Å². The van der Waals surface area contributed by atoms with Gasteiger partial charge in [0.2, 0.25) is 0 Å². The van der Waals surface area contributed by atoms with E-state index in [1.54, 1.807) is 0 Å². The summed E-state index contributed by atoms with van der Waals surface area (Å²) in [5, 5.41) is 0. The number of aryl methyl sites for hydroxylation is 2. The van der Waals surface area contributed by atoms with E-state index in [0.717, 1.165) is 38.9 Å². The zero-order valence-corrected chi connectivity index (χ0v) is 12.7. The van der Waals surface area contributed by atoms with E-state index in [0.29, 0.717) is 0 Å². The highest BCUT2D eigenvalue weighted by atomic mass is 16.1. The second kappa shape index (κ2) is 4.67. The molecular weight excluding hydrogens is 268 g/mol. The van der Waals surface area contributed by atoms with Crippen molar-refractivity contribution in [1.29, 1.82) is 0 Å². The number of carbonyl (C=O) groups excluding carboxylic acids is 1. The fraction of sp³-hybridized carbons (Fsp3) is 0.0952. The maximum absolute atomic E-state index is 12.7. The molecule has 0 atom stereocenters. The topological polar surface area (TPSA) is 17.1 Å². The van der Waals surface area contributed by atoms with Gasteiger partial charge < -0.3 is 0 Å². The van der Waals surface area contributed by atoms with Crippen molar-refractivity contribution < 1.29 is 4.79 Å². The number of carbonyl (C=O) groups is 1. The van der Waals surface area contributed by atoms with Crippen LogP contribution in [-0.4, -0.2) is 5.78 Å². The predicted octanol–water partition coefficient (Wildman–Crippen LogP) is 5.18. The molecule has 0 saturated heterocycles. The molecule has 4 rings (SSSR count). The Morgan fingerprint density at radius 3 is 2.23 bits per heavy atom. The van der Waals surface area contributed by atoms with Gasteiger partial charge in [-0.1, -0.05) is 54.1 Å². The first-order chi connectivity index (χ1) is 10.6. The highest BCUT2D eigenvalue weighted by Gasteiger charge is 2.28. The number of hydrogen-bond donors (Lipinski definition) is 0. The van der Waals surface area contributed by atoms with E-state index >= 15 is 0 Å². The molecular formula is C21H16O. The largest absolute Gasteiger partial charge is 0.289 e. The first kappa shape index (κ1) is 13.0. The van der Waals surface area contributed by atoms with E-state index < -0.39 is 0 Å². The Bertz CT molecular complexity index is 905. The van der Waals surface area contributed by atoms with Crippen molar-refractivity contribution in [3.8, 4) is 22.3 Å². The fourth-order valence-electron chi connectivity index (χ4n) is 3.31. The molecule has 22 heavy (non-hydrogen) atoms. The molecule has 1 heteroatoms. The lowest BCUT2D eigenvalue weighted by atomic mass is 9.95. The first-order valence-electron chi connectivity index (χ1n) is 7.51. The smallest absolute Gasteiger partial charge is 0.194 e. The molecule has 1 aliphatic carbocycles. The summed E-state index contributed by atoms with van der Waals surface area (Å²) in [5.41, 5.74) is 8.35. The summed E-state index contributed by atoms with van der Waals surface area (Å²) in [7, 11) is 0. The van der Waals surface area contributed by atoms with Crippen molar-refractivity contribution >= 4 is 5.78 Å². The van der Waals surface area contributed by atoms with E-state index in [-0.39, 0.29) is 5.78 Å². The second-order valence-corrected chi connectivity index (χ2v) is 5.96. The molecule has 0 spiro atoms. The molecule has 0 radical (unpaired) electrons. The standard InChI is InChI=1S/C21H16O/c1-13-8-9-17-18-12-16(15-6-4-3-5-7-15)11-14(2)20(18)21(22)19(17)10-13/h3-12H,1-2H3. The summed E-state index contributed by atoms with van der Waals surface area (Å²) >= 11 is 0. The molecule has 0 fully saturated rings. The van der Waals surface area contributed by atoms with Crippen LogP contribution >= 0.6 is 0 Å². The molecule has 1 nitrogen and oxygen atoms in total. The van der Waals surface area contributed by atoms with Gasteiger partial charge in [-0.15, -0.1) is 0 Å². The van der Waals surface area contributed by atoms with Crippen LogP contribution in [0, 0.1) is 13.8 Å². The van der Waals surface area contributed by atoms with Crippen LogP contribution < -0.4 is 0 Å². The lowest BCUT2D eigenvalue weighted by Crippen LogP contribution is -1.98. The molecule has 0 N–H and O–H groups in total. The number of fused-ring (bicyclic) bond motifs is 3.